The molecule has 0 aliphatic rings. The van der Waals surface area contributed by atoms with Crippen molar-refractivity contribution < 1.29 is 13.6 Å². The Balaban J connectivity index is 2.89. The minimum Gasteiger partial charge on any atom is -0.325 e. The Bertz CT molecular complexity index is 403. The lowest BCUT2D eigenvalue weighted by atomic mass is 10.2. The molecule has 1 heterocycles. The summed E-state index contributed by atoms with van der Waals surface area (Å²) in [6.45, 7) is 4.34. The summed E-state index contributed by atoms with van der Waals surface area (Å²) in [5, 5.41) is 4.10. The van der Waals surface area contributed by atoms with Crippen molar-refractivity contribution in [2.24, 2.45) is 7.05 Å². The van der Waals surface area contributed by atoms with Gasteiger partial charge in [-0.25, -0.2) is 8.78 Å². The summed E-state index contributed by atoms with van der Waals surface area (Å²) in [4.78, 5) is 12.6. The largest absolute Gasteiger partial charge is 0.325 e. The highest BCUT2D eigenvalue weighted by Gasteiger charge is 2.24. The Morgan fingerprint density at radius 2 is 2.35 bits per heavy atom. The van der Waals surface area contributed by atoms with Gasteiger partial charge in [0.15, 0.2) is 0 Å². The molecule has 0 radical (unpaired) electrons. The van der Waals surface area contributed by atoms with Crippen molar-refractivity contribution in [3.8, 4) is 0 Å². The van der Waals surface area contributed by atoms with Crippen molar-refractivity contribution in [3.05, 3.63) is 30.6 Å². The summed E-state index contributed by atoms with van der Waals surface area (Å²) in [5.41, 5.74) is 0.573. The minimum atomic E-state index is -2.58. The molecule has 0 bridgehead atoms. The molecule has 0 aliphatic carbocycles. The van der Waals surface area contributed by atoms with Crippen LogP contribution in [0.3, 0.4) is 0 Å². The van der Waals surface area contributed by atoms with Gasteiger partial charge in [0.05, 0.1) is 18.3 Å². The normalized spacial score (nSPS) is 12.5. The zero-order valence-electron chi connectivity index (χ0n) is 9.81. The molecule has 4 nitrogen and oxygen atoms in total. The SMILES string of the molecule is C=CC(=O)N(CC(F)F)C(C)c1ccn(C)n1. The second-order valence-corrected chi connectivity index (χ2v) is 3.68. The zero-order valence-corrected chi connectivity index (χ0v) is 9.81. The molecule has 0 saturated carbocycles. The Morgan fingerprint density at radius 1 is 1.71 bits per heavy atom. The molecule has 17 heavy (non-hydrogen) atoms. The van der Waals surface area contributed by atoms with E-state index in [9.17, 15) is 13.6 Å². The van der Waals surface area contributed by atoms with Gasteiger partial charge in [0.25, 0.3) is 6.43 Å². The van der Waals surface area contributed by atoms with E-state index in [1.807, 2.05) is 0 Å². The van der Waals surface area contributed by atoms with Gasteiger partial charge < -0.3 is 4.90 Å². The van der Waals surface area contributed by atoms with Crippen molar-refractivity contribution in [2.75, 3.05) is 6.54 Å². The Morgan fingerprint density at radius 3 is 2.76 bits per heavy atom. The zero-order chi connectivity index (χ0) is 13.0. The molecule has 0 saturated heterocycles. The number of amides is 1. The first-order valence-electron chi connectivity index (χ1n) is 5.16. The van der Waals surface area contributed by atoms with Crippen LogP contribution in [0.2, 0.25) is 0 Å². The smallest absolute Gasteiger partial charge is 0.255 e. The fraction of sp³-hybridized carbons (Fsp3) is 0.455. The summed E-state index contributed by atoms with van der Waals surface area (Å²) in [6.07, 6.45) is 0.150. The molecule has 1 aromatic rings. The van der Waals surface area contributed by atoms with Gasteiger partial charge >= 0.3 is 0 Å². The van der Waals surface area contributed by atoms with Gasteiger partial charge in [0.1, 0.15) is 0 Å². The van der Waals surface area contributed by atoms with E-state index in [2.05, 4.69) is 11.7 Å². The third kappa shape index (κ3) is 3.37. The molecule has 0 spiro atoms. The first-order chi connectivity index (χ1) is 7.95. The minimum absolute atomic E-state index is 0.504. The molecular weight excluding hydrogens is 228 g/mol. The highest BCUT2D eigenvalue weighted by molar-refractivity contribution is 5.87. The van der Waals surface area contributed by atoms with Gasteiger partial charge in [-0.3, -0.25) is 9.48 Å². The summed E-state index contributed by atoms with van der Waals surface area (Å²) < 4.78 is 26.4. The molecular formula is C11H15F2N3O. The molecule has 1 atom stereocenters. The summed E-state index contributed by atoms with van der Waals surface area (Å²) >= 11 is 0. The number of rotatable bonds is 5. The van der Waals surface area contributed by atoms with Crippen LogP contribution < -0.4 is 0 Å². The molecule has 1 aromatic heterocycles. The maximum atomic E-state index is 12.4. The first-order valence-corrected chi connectivity index (χ1v) is 5.16. The van der Waals surface area contributed by atoms with Crippen LogP contribution in [0.15, 0.2) is 24.9 Å². The molecule has 1 amide bonds. The lowest BCUT2D eigenvalue weighted by molar-refractivity contribution is -0.130. The number of hydrogen-bond donors (Lipinski definition) is 0. The predicted molar refractivity (Wildman–Crippen MR) is 59.5 cm³/mol. The fourth-order valence-electron chi connectivity index (χ4n) is 1.52. The number of carbonyl (C=O) groups excluding carboxylic acids is 1. The van der Waals surface area contributed by atoms with Gasteiger partial charge in [-0.05, 0) is 19.1 Å². The van der Waals surface area contributed by atoms with E-state index in [0.29, 0.717) is 5.69 Å². The third-order valence-corrected chi connectivity index (χ3v) is 2.42. The molecule has 94 valence electrons. The molecule has 0 aliphatic heterocycles. The van der Waals surface area contributed by atoms with Gasteiger partial charge in [0.2, 0.25) is 5.91 Å². The van der Waals surface area contributed by atoms with Crippen LogP contribution in [-0.2, 0) is 11.8 Å². The molecule has 0 fully saturated rings. The highest BCUT2D eigenvalue weighted by Crippen LogP contribution is 2.19. The second kappa shape index (κ2) is 5.56. The van der Waals surface area contributed by atoms with E-state index in [0.717, 1.165) is 11.0 Å². The van der Waals surface area contributed by atoms with Crippen molar-refractivity contribution in [2.45, 2.75) is 19.4 Å². The monoisotopic (exact) mass is 243 g/mol. The standard InChI is InChI=1S/C11H15F2N3O/c1-4-11(17)16(7-10(12)13)8(2)9-5-6-15(3)14-9/h4-6,8,10H,1,7H2,2-3H3. The van der Waals surface area contributed by atoms with Gasteiger partial charge in [0, 0.05) is 13.2 Å². The van der Waals surface area contributed by atoms with Crippen molar-refractivity contribution >= 4 is 5.91 Å². The Hall–Kier alpha value is -1.72. The number of aromatic nitrogens is 2. The third-order valence-electron chi connectivity index (χ3n) is 2.42. The number of hydrogen-bond acceptors (Lipinski definition) is 2. The number of halogens is 2. The Kier molecular flexibility index (Phi) is 4.37. The van der Waals surface area contributed by atoms with Crippen LogP contribution in [0.25, 0.3) is 0 Å². The molecule has 1 rings (SSSR count). The van der Waals surface area contributed by atoms with E-state index in [-0.39, 0.29) is 0 Å². The maximum Gasteiger partial charge on any atom is 0.255 e. The van der Waals surface area contributed by atoms with Crippen LogP contribution >= 0.6 is 0 Å². The summed E-state index contributed by atoms with van der Waals surface area (Å²) in [5.74, 6) is -0.525. The van der Waals surface area contributed by atoms with E-state index < -0.39 is 24.9 Å². The van der Waals surface area contributed by atoms with Crippen LogP contribution in [0.1, 0.15) is 18.7 Å². The van der Waals surface area contributed by atoms with Crippen LogP contribution in [0, 0.1) is 0 Å². The second-order valence-electron chi connectivity index (χ2n) is 3.68. The van der Waals surface area contributed by atoms with Crippen molar-refractivity contribution in [1.29, 1.82) is 0 Å². The lowest BCUT2D eigenvalue weighted by Gasteiger charge is -2.26. The average molecular weight is 243 g/mol. The van der Waals surface area contributed by atoms with Crippen molar-refractivity contribution in [1.82, 2.24) is 14.7 Å². The lowest BCUT2D eigenvalue weighted by Crippen LogP contribution is -2.36. The van der Waals surface area contributed by atoms with E-state index in [4.69, 9.17) is 0 Å². The number of alkyl halides is 2. The van der Waals surface area contributed by atoms with Gasteiger partial charge in [-0.2, -0.15) is 5.10 Å². The van der Waals surface area contributed by atoms with Crippen LogP contribution in [0.5, 0.6) is 0 Å². The van der Waals surface area contributed by atoms with Crippen molar-refractivity contribution in [3.63, 3.8) is 0 Å². The molecule has 6 heteroatoms. The highest BCUT2D eigenvalue weighted by atomic mass is 19.3. The average Bonchev–Trinajstić information content (AvgIpc) is 2.70. The van der Waals surface area contributed by atoms with Crippen LogP contribution in [0.4, 0.5) is 8.78 Å². The molecule has 0 aromatic carbocycles. The summed E-state index contributed by atoms with van der Waals surface area (Å²) in [7, 11) is 1.73. The maximum absolute atomic E-state index is 12.4. The number of aryl methyl sites for hydroxylation is 1. The summed E-state index contributed by atoms with van der Waals surface area (Å²) in [6, 6.07) is 1.19. The van der Waals surface area contributed by atoms with E-state index in [1.165, 1.54) is 0 Å². The van der Waals surface area contributed by atoms with Crippen LogP contribution in [-0.4, -0.2) is 33.6 Å². The predicted octanol–water partition coefficient (Wildman–Crippen LogP) is 1.76. The van der Waals surface area contributed by atoms with Gasteiger partial charge in [-0.1, -0.05) is 6.58 Å². The number of carbonyl (C=O) groups is 1. The quantitative estimate of drug-likeness (QED) is 0.739. The molecule has 0 N–H and O–H groups in total. The van der Waals surface area contributed by atoms with E-state index in [1.54, 1.807) is 30.9 Å². The topological polar surface area (TPSA) is 38.1 Å². The number of nitrogens with zero attached hydrogens (tertiary/aromatic N) is 3. The fourth-order valence-corrected chi connectivity index (χ4v) is 1.52. The Labute approximate surface area is 98.5 Å². The molecule has 1 unspecified atom stereocenters. The first kappa shape index (κ1) is 13.3. The van der Waals surface area contributed by atoms with Gasteiger partial charge in [-0.15, -0.1) is 0 Å². The van der Waals surface area contributed by atoms with E-state index >= 15 is 0 Å².